The summed E-state index contributed by atoms with van der Waals surface area (Å²) in [4.78, 5) is 10.8. The largest absolute Gasteiger partial charge is 0.405 e. The predicted molar refractivity (Wildman–Crippen MR) is 68.1 cm³/mol. The molecule has 0 spiro atoms. The first-order valence-electron chi connectivity index (χ1n) is 6.25. The first-order chi connectivity index (χ1) is 10.1. The molecule has 0 bridgehead atoms. The topological polar surface area (TPSA) is 75.3 Å². The molecule has 0 heterocycles. The van der Waals surface area contributed by atoms with Gasteiger partial charge in [0.2, 0.25) is 10.0 Å². The number of carbonyl (C=O) groups excluding carboxylic acids is 1. The van der Waals surface area contributed by atoms with Crippen molar-refractivity contribution in [2.24, 2.45) is 0 Å². The van der Waals surface area contributed by atoms with Crippen LogP contribution in [0.1, 0.15) is 23.2 Å². The van der Waals surface area contributed by atoms with Crippen LogP contribution in [-0.2, 0) is 10.0 Å². The molecule has 10 heteroatoms. The molecule has 22 heavy (non-hydrogen) atoms. The van der Waals surface area contributed by atoms with Gasteiger partial charge in [0, 0.05) is 11.6 Å². The van der Waals surface area contributed by atoms with Gasteiger partial charge >= 0.3 is 6.18 Å². The highest BCUT2D eigenvalue weighted by Crippen LogP contribution is 2.24. The van der Waals surface area contributed by atoms with E-state index >= 15 is 0 Å². The van der Waals surface area contributed by atoms with Crippen molar-refractivity contribution < 1.29 is 30.8 Å². The Balaban J connectivity index is 2.20. The van der Waals surface area contributed by atoms with E-state index in [1.807, 2.05) is 0 Å². The minimum atomic E-state index is -4.60. The molecule has 1 aliphatic carbocycles. The number of hydrogen-bond donors (Lipinski definition) is 2. The second-order valence-corrected chi connectivity index (χ2v) is 6.52. The van der Waals surface area contributed by atoms with Gasteiger partial charge in [0.15, 0.2) is 0 Å². The van der Waals surface area contributed by atoms with Crippen molar-refractivity contribution in [2.75, 3.05) is 6.54 Å². The van der Waals surface area contributed by atoms with E-state index in [1.54, 1.807) is 5.32 Å². The molecule has 1 aliphatic rings. The van der Waals surface area contributed by atoms with Crippen LogP contribution >= 0.6 is 0 Å². The molecule has 1 amide bonds. The van der Waals surface area contributed by atoms with Gasteiger partial charge in [-0.05, 0) is 31.0 Å². The Labute approximate surface area is 123 Å². The number of carbonyl (C=O) groups is 1. The molecule has 1 aromatic carbocycles. The molecule has 0 aliphatic heterocycles. The van der Waals surface area contributed by atoms with E-state index < -0.39 is 39.4 Å². The summed E-state index contributed by atoms with van der Waals surface area (Å²) in [5, 5.41) is 1.59. The van der Waals surface area contributed by atoms with Gasteiger partial charge in [-0.1, -0.05) is 0 Å². The lowest BCUT2D eigenvalue weighted by Crippen LogP contribution is -2.34. The van der Waals surface area contributed by atoms with Crippen LogP contribution in [0.15, 0.2) is 23.1 Å². The van der Waals surface area contributed by atoms with Crippen molar-refractivity contribution in [3.63, 3.8) is 0 Å². The molecular formula is C12H12F4N2O3S. The number of hydrogen-bond acceptors (Lipinski definition) is 3. The highest BCUT2D eigenvalue weighted by molar-refractivity contribution is 7.89. The Hall–Kier alpha value is -1.68. The Morgan fingerprint density at radius 3 is 2.45 bits per heavy atom. The van der Waals surface area contributed by atoms with Crippen molar-refractivity contribution >= 4 is 15.9 Å². The molecule has 2 rings (SSSR count). The molecule has 2 N–H and O–H groups in total. The fraction of sp³-hybridized carbons (Fsp3) is 0.417. The smallest absolute Gasteiger partial charge is 0.343 e. The zero-order valence-electron chi connectivity index (χ0n) is 11.1. The summed E-state index contributed by atoms with van der Waals surface area (Å²) in [7, 11) is -4.15. The van der Waals surface area contributed by atoms with E-state index in [9.17, 15) is 30.8 Å². The van der Waals surface area contributed by atoms with E-state index in [4.69, 9.17) is 0 Å². The summed E-state index contributed by atoms with van der Waals surface area (Å²) in [6.07, 6.45) is -3.34. The Morgan fingerprint density at radius 2 is 1.91 bits per heavy atom. The second kappa shape index (κ2) is 5.84. The summed E-state index contributed by atoms with van der Waals surface area (Å²) < 4.78 is 75.8. The monoisotopic (exact) mass is 340 g/mol. The SMILES string of the molecule is O=C(NCC(F)(F)F)c1ccc(F)c(S(=O)(=O)NC2CC2)c1. The number of sulfonamides is 1. The van der Waals surface area contributed by atoms with Crippen molar-refractivity contribution in [3.8, 4) is 0 Å². The fourth-order valence-electron chi connectivity index (χ4n) is 1.62. The van der Waals surface area contributed by atoms with Crippen LogP contribution < -0.4 is 10.0 Å². The van der Waals surface area contributed by atoms with Crippen LogP contribution in [0, 0.1) is 5.82 Å². The normalized spacial score (nSPS) is 15.6. The van der Waals surface area contributed by atoms with Gasteiger partial charge in [-0.2, -0.15) is 13.2 Å². The van der Waals surface area contributed by atoms with E-state index in [-0.39, 0.29) is 11.6 Å². The van der Waals surface area contributed by atoms with Crippen molar-refractivity contribution in [3.05, 3.63) is 29.6 Å². The Bertz CT molecular complexity index is 684. The molecule has 1 aromatic rings. The highest BCUT2D eigenvalue weighted by Gasteiger charge is 2.31. The average molecular weight is 340 g/mol. The molecule has 5 nitrogen and oxygen atoms in total. The molecule has 1 fully saturated rings. The molecular weight excluding hydrogens is 328 g/mol. The van der Waals surface area contributed by atoms with Crippen LogP contribution in [0.5, 0.6) is 0 Å². The van der Waals surface area contributed by atoms with Gasteiger partial charge in [-0.25, -0.2) is 17.5 Å². The van der Waals surface area contributed by atoms with Crippen LogP contribution in [0.3, 0.4) is 0 Å². The third kappa shape index (κ3) is 4.41. The molecule has 0 unspecified atom stereocenters. The lowest BCUT2D eigenvalue weighted by molar-refractivity contribution is -0.123. The summed E-state index contributed by atoms with van der Waals surface area (Å²) in [5.74, 6) is -2.22. The lowest BCUT2D eigenvalue weighted by Gasteiger charge is -2.10. The van der Waals surface area contributed by atoms with Crippen molar-refractivity contribution in [1.29, 1.82) is 0 Å². The van der Waals surface area contributed by atoms with Crippen LogP contribution in [-0.4, -0.2) is 33.1 Å². The van der Waals surface area contributed by atoms with Crippen LogP contribution in [0.4, 0.5) is 17.6 Å². The van der Waals surface area contributed by atoms with E-state index in [1.165, 1.54) is 0 Å². The minimum absolute atomic E-state index is 0.271. The molecule has 1 saturated carbocycles. The number of benzene rings is 1. The van der Waals surface area contributed by atoms with Crippen molar-refractivity contribution in [1.82, 2.24) is 10.0 Å². The molecule has 0 radical (unpaired) electrons. The third-order valence-electron chi connectivity index (χ3n) is 2.83. The maximum Gasteiger partial charge on any atom is 0.405 e. The maximum atomic E-state index is 13.6. The quantitative estimate of drug-likeness (QED) is 0.799. The van der Waals surface area contributed by atoms with Gasteiger partial charge in [0.1, 0.15) is 17.3 Å². The number of rotatable bonds is 5. The van der Waals surface area contributed by atoms with Crippen LogP contribution in [0.25, 0.3) is 0 Å². The summed E-state index contributed by atoms with van der Waals surface area (Å²) >= 11 is 0. The summed E-state index contributed by atoms with van der Waals surface area (Å²) in [6, 6.07) is 2.08. The fourth-order valence-corrected chi connectivity index (χ4v) is 3.03. The van der Waals surface area contributed by atoms with E-state index in [2.05, 4.69) is 4.72 Å². The third-order valence-corrected chi connectivity index (χ3v) is 4.37. The van der Waals surface area contributed by atoms with Gasteiger partial charge in [-0.15, -0.1) is 0 Å². The molecule has 0 aromatic heterocycles. The highest BCUT2D eigenvalue weighted by atomic mass is 32.2. The summed E-state index contributed by atoms with van der Waals surface area (Å²) in [5.41, 5.74) is -0.373. The van der Waals surface area contributed by atoms with Gasteiger partial charge in [0.25, 0.3) is 5.91 Å². The molecule has 0 saturated heterocycles. The first kappa shape index (κ1) is 16.7. The number of nitrogens with one attached hydrogen (secondary N) is 2. The van der Waals surface area contributed by atoms with Crippen molar-refractivity contribution in [2.45, 2.75) is 30.0 Å². The molecule has 0 atom stereocenters. The van der Waals surface area contributed by atoms with E-state index in [0.717, 1.165) is 12.1 Å². The van der Waals surface area contributed by atoms with Gasteiger partial charge in [0.05, 0.1) is 0 Å². The van der Waals surface area contributed by atoms with Crippen LogP contribution in [0.2, 0.25) is 0 Å². The number of alkyl halides is 3. The van der Waals surface area contributed by atoms with Gasteiger partial charge < -0.3 is 5.32 Å². The first-order valence-corrected chi connectivity index (χ1v) is 7.74. The van der Waals surface area contributed by atoms with Gasteiger partial charge in [-0.3, -0.25) is 4.79 Å². The predicted octanol–water partition coefficient (Wildman–Crippen LogP) is 1.56. The average Bonchev–Trinajstić information content (AvgIpc) is 3.18. The number of amides is 1. The van der Waals surface area contributed by atoms with E-state index in [0.29, 0.717) is 18.9 Å². The minimum Gasteiger partial charge on any atom is -0.343 e. The zero-order valence-corrected chi connectivity index (χ0v) is 11.9. The Kier molecular flexibility index (Phi) is 4.43. The molecule has 122 valence electrons. The number of halogens is 4. The zero-order chi connectivity index (χ0) is 16.5. The Morgan fingerprint density at radius 1 is 1.27 bits per heavy atom. The summed E-state index contributed by atoms with van der Waals surface area (Å²) in [6.45, 7) is -1.56. The second-order valence-electron chi connectivity index (χ2n) is 4.84. The standard InChI is InChI=1S/C12H12F4N2O3S/c13-9-4-1-7(11(19)17-6-12(14,15)16)5-10(9)22(20,21)18-8-2-3-8/h1,4-5,8,18H,2-3,6H2,(H,17,19). The maximum absolute atomic E-state index is 13.6. The lowest BCUT2D eigenvalue weighted by atomic mass is 10.2.